The van der Waals surface area contributed by atoms with Gasteiger partial charge in [0.1, 0.15) is 11.4 Å². The number of aromatic nitrogens is 3. The van der Waals surface area contributed by atoms with Crippen molar-refractivity contribution in [3.8, 4) is 5.75 Å². The summed E-state index contributed by atoms with van der Waals surface area (Å²) in [5, 5.41) is 17.9. The van der Waals surface area contributed by atoms with Crippen LogP contribution in [-0.4, -0.2) is 89.6 Å². The maximum Gasteiger partial charge on any atom is 0.242 e. The molecule has 0 saturated carbocycles. The molecule has 1 aromatic heterocycles. The predicted octanol–water partition coefficient (Wildman–Crippen LogP) is 1.13. The quantitative estimate of drug-likeness (QED) is 0.589. The van der Waals surface area contributed by atoms with Crippen molar-refractivity contribution in [1.82, 2.24) is 24.2 Å². The highest BCUT2D eigenvalue weighted by Crippen LogP contribution is 2.22. The molecule has 2 bridgehead atoms. The van der Waals surface area contributed by atoms with Crippen molar-refractivity contribution in [1.29, 1.82) is 0 Å². The van der Waals surface area contributed by atoms with E-state index in [0.717, 1.165) is 0 Å². The second kappa shape index (κ2) is 11.9. The molecule has 0 radical (unpaired) electrons. The molecule has 0 unspecified atom stereocenters. The molecule has 1 N–H and O–H groups in total. The maximum absolute atomic E-state index is 13.2. The van der Waals surface area contributed by atoms with E-state index in [1.807, 2.05) is 6.92 Å². The minimum Gasteiger partial charge on any atom is -0.497 e. The fourth-order valence-electron chi connectivity index (χ4n) is 3.97. The highest BCUT2D eigenvalue weighted by molar-refractivity contribution is 7.89. The Labute approximate surface area is 206 Å². The number of amides is 1. The van der Waals surface area contributed by atoms with E-state index in [1.54, 1.807) is 34.8 Å². The number of methoxy groups -OCH3 is 1. The normalized spacial score (nSPS) is 21.2. The van der Waals surface area contributed by atoms with E-state index in [0.29, 0.717) is 37.4 Å². The number of sulfonamides is 1. The molecule has 2 aromatic rings. The van der Waals surface area contributed by atoms with Gasteiger partial charge in [-0.1, -0.05) is 12.1 Å². The monoisotopic (exact) mass is 509 g/mol. The lowest BCUT2D eigenvalue weighted by molar-refractivity contribution is -0.136. The Kier molecular flexibility index (Phi) is 9.22. The number of aliphatic hydroxyl groups is 1. The first-order valence-electron chi connectivity index (χ1n) is 11.7. The van der Waals surface area contributed by atoms with Crippen LogP contribution in [0.1, 0.15) is 32.4 Å². The molecule has 3 atom stereocenters. The van der Waals surface area contributed by atoms with Crippen molar-refractivity contribution in [2.45, 2.75) is 56.9 Å². The molecule has 194 valence electrons. The molecule has 12 heteroatoms. The van der Waals surface area contributed by atoms with E-state index in [4.69, 9.17) is 9.47 Å². The molecular weight excluding hydrogens is 474 g/mol. The summed E-state index contributed by atoms with van der Waals surface area (Å²) in [6.45, 7) is 4.64. The first-order valence-corrected chi connectivity index (χ1v) is 13.1. The lowest BCUT2D eigenvalue weighted by Crippen LogP contribution is -2.47. The second-order valence-electron chi connectivity index (χ2n) is 8.94. The van der Waals surface area contributed by atoms with Gasteiger partial charge in [-0.25, -0.2) is 8.42 Å². The molecule has 0 saturated heterocycles. The number of rotatable bonds is 7. The van der Waals surface area contributed by atoms with E-state index < -0.39 is 16.1 Å². The maximum atomic E-state index is 13.2. The number of aryl methyl sites for hydroxylation is 1. The number of fused-ring (bicyclic) bond motifs is 2. The van der Waals surface area contributed by atoms with Gasteiger partial charge < -0.3 is 19.5 Å². The van der Waals surface area contributed by atoms with Gasteiger partial charge in [-0.15, -0.1) is 5.10 Å². The van der Waals surface area contributed by atoms with Crippen LogP contribution >= 0.6 is 0 Å². The summed E-state index contributed by atoms with van der Waals surface area (Å²) in [6.07, 6.45) is 2.14. The largest absolute Gasteiger partial charge is 0.497 e. The van der Waals surface area contributed by atoms with Crippen molar-refractivity contribution in [2.24, 2.45) is 5.92 Å². The fourth-order valence-corrected chi connectivity index (χ4v) is 5.16. The van der Waals surface area contributed by atoms with E-state index in [1.165, 1.54) is 30.6 Å². The molecule has 0 fully saturated rings. The zero-order chi connectivity index (χ0) is 25.6. The van der Waals surface area contributed by atoms with Crippen molar-refractivity contribution in [2.75, 3.05) is 33.9 Å². The minimum absolute atomic E-state index is 0.0687. The van der Waals surface area contributed by atoms with E-state index >= 15 is 0 Å². The number of carbonyl (C=O) groups is 1. The highest BCUT2D eigenvalue weighted by atomic mass is 32.2. The average molecular weight is 510 g/mol. The van der Waals surface area contributed by atoms with Gasteiger partial charge in [-0.05, 0) is 37.6 Å². The highest BCUT2D eigenvalue weighted by Gasteiger charge is 2.31. The summed E-state index contributed by atoms with van der Waals surface area (Å²) < 4.78 is 40.6. The summed E-state index contributed by atoms with van der Waals surface area (Å²) in [7, 11) is -0.762. The number of ether oxygens (including phenoxy) is 2. The van der Waals surface area contributed by atoms with Crippen LogP contribution in [0.2, 0.25) is 0 Å². The first kappa shape index (κ1) is 27.1. The zero-order valence-electron chi connectivity index (χ0n) is 20.7. The van der Waals surface area contributed by atoms with Gasteiger partial charge in [0, 0.05) is 39.0 Å². The number of likely N-dealkylation sites (N-methyl/N-ethyl adjacent to an activating group) is 1. The van der Waals surface area contributed by atoms with Gasteiger partial charge in [-0.3, -0.25) is 9.48 Å². The third-order valence-electron chi connectivity index (χ3n) is 6.25. The molecule has 1 aliphatic heterocycles. The number of hydrogen-bond donors (Lipinski definition) is 1. The number of carbonyl (C=O) groups excluding carboxylic acids is 1. The van der Waals surface area contributed by atoms with Gasteiger partial charge >= 0.3 is 0 Å². The summed E-state index contributed by atoms with van der Waals surface area (Å²) in [5.41, 5.74) is 0.633. The number of benzene rings is 1. The van der Waals surface area contributed by atoms with E-state index in [-0.39, 0.29) is 42.5 Å². The third-order valence-corrected chi connectivity index (χ3v) is 8.09. The van der Waals surface area contributed by atoms with Crippen LogP contribution < -0.4 is 4.74 Å². The molecule has 11 nitrogen and oxygen atoms in total. The molecule has 2 heterocycles. The van der Waals surface area contributed by atoms with Crippen LogP contribution in [0.15, 0.2) is 35.4 Å². The van der Waals surface area contributed by atoms with Crippen molar-refractivity contribution in [3.63, 3.8) is 0 Å². The minimum atomic E-state index is -3.79. The van der Waals surface area contributed by atoms with Crippen LogP contribution in [0.3, 0.4) is 0 Å². The van der Waals surface area contributed by atoms with Gasteiger partial charge in [0.05, 0.1) is 43.6 Å². The summed E-state index contributed by atoms with van der Waals surface area (Å²) in [4.78, 5) is 14.8. The van der Waals surface area contributed by atoms with Gasteiger partial charge in [0.25, 0.3) is 0 Å². The second-order valence-corrected chi connectivity index (χ2v) is 11.0. The van der Waals surface area contributed by atoms with Crippen molar-refractivity contribution >= 4 is 15.9 Å². The molecular formula is C23H35N5O6S. The Bertz CT molecular complexity index is 1070. The van der Waals surface area contributed by atoms with Crippen LogP contribution in [0.5, 0.6) is 5.75 Å². The number of nitrogens with zero attached hydrogens (tertiary/aromatic N) is 5. The van der Waals surface area contributed by atoms with Crippen LogP contribution in [-0.2, 0) is 32.7 Å². The van der Waals surface area contributed by atoms with Crippen molar-refractivity contribution < 1.29 is 27.8 Å². The average Bonchev–Trinajstić information content (AvgIpc) is 3.31. The summed E-state index contributed by atoms with van der Waals surface area (Å²) in [6, 6.07) is 5.83. The third kappa shape index (κ3) is 6.78. The number of aliphatic hydroxyl groups excluding tert-OH is 1. The Morgan fingerprint density at radius 1 is 1.31 bits per heavy atom. The summed E-state index contributed by atoms with van der Waals surface area (Å²) >= 11 is 0. The molecule has 1 aliphatic rings. The van der Waals surface area contributed by atoms with Gasteiger partial charge in [-0.2, -0.15) is 4.31 Å². The molecule has 35 heavy (non-hydrogen) atoms. The van der Waals surface area contributed by atoms with Crippen LogP contribution in [0.25, 0.3) is 0 Å². The smallest absolute Gasteiger partial charge is 0.242 e. The fraction of sp³-hybridized carbons (Fsp3) is 0.609. The Morgan fingerprint density at radius 2 is 2.03 bits per heavy atom. The van der Waals surface area contributed by atoms with Gasteiger partial charge in [0.15, 0.2) is 0 Å². The standard InChI is InChI=1S/C23H35N5O6S/c1-17-12-28(18(2)15-29)23(30)6-5-11-27-13-19(24-25-27)16-34-22(17)14-26(3)35(31,32)21-9-7-20(33-4)8-10-21/h7-10,13,17-18,22,29H,5-6,11-12,14-16H2,1-4H3/t17-,18+,22+/m0/s1. The Hall–Kier alpha value is -2.54. The molecule has 0 aliphatic carbocycles. The van der Waals surface area contributed by atoms with Gasteiger partial charge in [0.2, 0.25) is 15.9 Å². The first-order chi connectivity index (χ1) is 16.6. The van der Waals surface area contributed by atoms with Crippen LogP contribution in [0.4, 0.5) is 0 Å². The lowest BCUT2D eigenvalue weighted by Gasteiger charge is -2.35. The Morgan fingerprint density at radius 3 is 2.69 bits per heavy atom. The number of hydrogen-bond acceptors (Lipinski definition) is 8. The predicted molar refractivity (Wildman–Crippen MR) is 128 cm³/mol. The molecule has 0 spiro atoms. The summed E-state index contributed by atoms with van der Waals surface area (Å²) in [5.74, 6) is 0.266. The molecule has 3 rings (SSSR count). The van der Waals surface area contributed by atoms with E-state index in [9.17, 15) is 18.3 Å². The zero-order valence-corrected chi connectivity index (χ0v) is 21.5. The Balaban J connectivity index is 1.84. The SMILES string of the molecule is COc1ccc(S(=O)(=O)N(C)C[C@H]2OCc3cn(nn3)CCCC(=O)N([C@H](C)CO)C[C@@H]2C)cc1. The molecule has 1 aromatic carbocycles. The topological polar surface area (TPSA) is 127 Å². The molecule has 1 amide bonds. The van der Waals surface area contributed by atoms with E-state index in [2.05, 4.69) is 10.3 Å². The van der Waals surface area contributed by atoms with Crippen molar-refractivity contribution in [3.05, 3.63) is 36.2 Å². The lowest BCUT2D eigenvalue weighted by atomic mass is 10.0. The van der Waals surface area contributed by atoms with Crippen LogP contribution in [0, 0.1) is 5.92 Å².